The van der Waals surface area contributed by atoms with E-state index in [-0.39, 0.29) is 6.10 Å². The van der Waals surface area contributed by atoms with E-state index in [2.05, 4.69) is 26.3 Å². The topological polar surface area (TPSA) is 93.0 Å². The summed E-state index contributed by atoms with van der Waals surface area (Å²) in [6.45, 7) is 1.38. The van der Waals surface area contributed by atoms with Crippen LogP contribution in [0.4, 0.5) is 11.6 Å². The van der Waals surface area contributed by atoms with Gasteiger partial charge in [-0.1, -0.05) is 0 Å². The van der Waals surface area contributed by atoms with Gasteiger partial charge in [-0.3, -0.25) is 0 Å². The number of nitrogens with one attached hydrogen (secondary N) is 1. The van der Waals surface area contributed by atoms with Crippen molar-refractivity contribution in [3.63, 3.8) is 0 Å². The molecule has 3 heterocycles. The highest BCUT2D eigenvalue weighted by Crippen LogP contribution is 2.28. The molecular formula is C23H19N5O2S. The Morgan fingerprint density at radius 3 is 2.87 bits per heavy atom. The van der Waals surface area contributed by atoms with Crippen molar-refractivity contribution in [3.05, 3.63) is 59.7 Å². The fourth-order valence-corrected chi connectivity index (χ4v) is 4.16. The summed E-state index contributed by atoms with van der Waals surface area (Å²) in [6.07, 6.45) is 3.45. The van der Waals surface area contributed by atoms with Gasteiger partial charge in [-0.05, 0) is 42.5 Å². The van der Waals surface area contributed by atoms with Gasteiger partial charge in [-0.2, -0.15) is 5.26 Å². The molecule has 8 heteroatoms. The summed E-state index contributed by atoms with van der Waals surface area (Å²) >= 11 is 1.60. The normalized spacial score (nSPS) is 14.3. The van der Waals surface area contributed by atoms with Crippen LogP contribution in [0, 0.1) is 11.3 Å². The second-order valence-corrected chi connectivity index (χ2v) is 8.06. The fourth-order valence-electron chi connectivity index (χ4n) is 3.50. The summed E-state index contributed by atoms with van der Waals surface area (Å²) in [7, 11) is 0. The summed E-state index contributed by atoms with van der Waals surface area (Å²) in [5, 5.41) is 12.9. The van der Waals surface area contributed by atoms with Crippen molar-refractivity contribution in [2.45, 2.75) is 18.9 Å². The molecule has 0 unspecified atom stereocenters. The zero-order valence-corrected chi connectivity index (χ0v) is 17.4. The smallest absolute Gasteiger partial charge is 0.227 e. The number of nitriles is 1. The highest BCUT2D eigenvalue weighted by atomic mass is 32.1. The van der Waals surface area contributed by atoms with Crippen LogP contribution in [0.3, 0.4) is 0 Å². The molecule has 1 saturated heterocycles. The van der Waals surface area contributed by atoms with Gasteiger partial charge in [-0.25, -0.2) is 15.0 Å². The SMILES string of the molecule is N#Cc1cc(-c2ccnc(Nc3ccc4scnc4c3)n2)ccc1OC1CCOCC1. The lowest BCUT2D eigenvalue weighted by atomic mass is 10.1. The Kier molecular flexibility index (Phi) is 5.44. The van der Waals surface area contributed by atoms with Crippen molar-refractivity contribution in [1.82, 2.24) is 15.0 Å². The zero-order chi connectivity index (χ0) is 21.0. The molecule has 7 nitrogen and oxygen atoms in total. The van der Waals surface area contributed by atoms with Crippen molar-refractivity contribution in [1.29, 1.82) is 5.26 Å². The van der Waals surface area contributed by atoms with Crippen LogP contribution >= 0.6 is 11.3 Å². The standard InChI is InChI=1S/C23H19N5O2S/c24-13-16-11-15(1-3-21(16)30-18-6-9-29-10-7-18)19-5-8-25-23(28-19)27-17-2-4-22-20(12-17)26-14-31-22/h1-5,8,11-12,14,18H,6-7,9-10H2,(H,25,27,28). The van der Waals surface area contributed by atoms with Gasteiger partial charge < -0.3 is 14.8 Å². The lowest BCUT2D eigenvalue weighted by molar-refractivity contribution is 0.0254. The molecule has 1 aliphatic rings. The van der Waals surface area contributed by atoms with Crippen LogP contribution in [-0.4, -0.2) is 34.3 Å². The predicted molar refractivity (Wildman–Crippen MR) is 120 cm³/mol. The van der Waals surface area contributed by atoms with Gasteiger partial charge in [0.2, 0.25) is 5.95 Å². The van der Waals surface area contributed by atoms with Gasteiger partial charge in [0.1, 0.15) is 17.9 Å². The quantitative estimate of drug-likeness (QED) is 0.481. The molecule has 0 bridgehead atoms. The Labute approximate surface area is 183 Å². The van der Waals surface area contributed by atoms with Crippen LogP contribution in [0.5, 0.6) is 5.75 Å². The first kappa shape index (κ1) is 19.4. The number of aromatic nitrogens is 3. The number of anilines is 2. The lowest BCUT2D eigenvalue weighted by Gasteiger charge is -2.23. The third kappa shape index (κ3) is 4.33. The van der Waals surface area contributed by atoms with Crippen LogP contribution in [0.1, 0.15) is 18.4 Å². The molecule has 2 aromatic heterocycles. The molecular weight excluding hydrogens is 410 g/mol. The Balaban J connectivity index is 1.37. The number of ether oxygens (including phenoxy) is 2. The number of rotatable bonds is 5. The van der Waals surface area contributed by atoms with Crippen LogP contribution in [-0.2, 0) is 4.74 Å². The average molecular weight is 430 g/mol. The molecule has 0 atom stereocenters. The van der Waals surface area contributed by atoms with E-state index in [1.807, 2.05) is 48.0 Å². The minimum atomic E-state index is 0.0802. The average Bonchev–Trinajstić information content (AvgIpc) is 3.28. The van der Waals surface area contributed by atoms with Crippen LogP contribution in [0.25, 0.3) is 21.5 Å². The number of benzene rings is 2. The predicted octanol–water partition coefficient (Wildman–Crippen LogP) is 4.93. The Bertz CT molecular complexity index is 1260. The minimum Gasteiger partial charge on any atom is -0.489 e. The maximum absolute atomic E-state index is 9.63. The van der Waals surface area contributed by atoms with E-state index in [9.17, 15) is 5.26 Å². The number of hydrogen-bond donors (Lipinski definition) is 1. The van der Waals surface area contributed by atoms with Crippen molar-refractivity contribution in [2.24, 2.45) is 0 Å². The first-order chi connectivity index (χ1) is 15.3. The minimum absolute atomic E-state index is 0.0802. The Morgan fingerprint density at radius 1 is 1.10 bits per heavy atom. The van der Waals surface area contributed by atoms with Crippen molar-refractivity contribution in [2.75, 3.05) is 18.5 Å². The summed E-state index contributed by atoms with van der Waals surface area (Å²) in [4.78, 5) is 13.3. The Morgan fingerprint density at radius 2 is 2.00 bits per heavy atom. The second-order valence-electron chi connectivity index (χ2n) is 7.18. The molecule has 1 N–H and O–H groups in total. The molecule has 0 amide bonds. The van der Waals surface area contributed by atoms with E-state index < -0.39 is 0 Å². The van der Waals surface area contributed by atoms with E-state index in [4.69, 9.17) is 9.47 Å². The molecule has 154 valence electrons. The van der Waals surface area contributed by atoms with Crippen LogP contribution < -0.4 is 10.1 Å². The van der Waals surface area contributed by atoms with Crippen molar-refractivity contribution < 1.29 is 9.47 Å². The summed E-state index contributed by atoms with van der Waals surface area (Å²) < 4.78 is 12.6. The van der Waals surface area contributed by atoms with Gasteiger partial charge in [-0.15, -0.1) is 11.3 Å². The maximum atomic E-state index is 9.63. The van der Waals surface area contributed by atoms with E-state index in [1.165, 1.54) is 0 Å². The third-order valence-electron chi connectivity index (χ3n) is 5.10. The molecule has 0 spiro atoms. The summed E-state index contributed by atoms with van der Waals surface area (Å²) in [5.74, 6) is 1.08. The molecule has 31 heavy (non-hydrogen) atoms. The fraction of sp³-hybridized carbons (Fsp3) is 0.217. The van der Waals surface area contributed by atoms with Gasteiger partial charge in [0.05, 0.1) is 40.2 Å². The van der Waals surface area contributed by atoms with Gasteiger partial charge >= 0.3 is 0 Å². The molecule has 1 aliphatic heterocycles. The van der Waals surface area contributed by atoms with E-state index in [1.54, 1.807) is 17.5 Å². The maximum Gasteiger partial charge on any atom is 0.227 e. The number of fused-ring (bicyclic) bond motifs is 1. The Hall–Kier alpha value is -3.54. The molecule has 4 aromatic rings. The zero-order valence-electron chi connectivity index (χ0n) is 16.6. The number of thiazole rings is 1. The van der Waals surface area contributed by atoms with E-state index >= 15 is 0 Å². The number of nitrogens with zero attached hydrogens (tertiary/aromatic N) is 4. The van der Waals surface area contributed by atoms with Gasteiger partial charge in [0.25, 0.3) is 0 Å². The molecule has 2 aromatic carbocycles. The van der Waals surface area contributed by atoms with Crippen LogP contribution in [0.15, 0.2) is 54.2 Å². The number of hydrogen-bond acceptors (Lipinski definition) is 8. The van der Waals surface area contributed by atoms with Crippen LogP contribution in [0.2, 0.25) is 0 Å². The largest absolute Gasteiger partial charge is 0.489 e. The monoisotopic (exact) mass is 429 g/mol. The molecule has 0 saturated carbocycles. The molecule has 1 fully saturated rings. The first-order valence-corrected chi connectivity index (χ1v) is 10.9. The second kappa shape index (κ2) is 8.68. The molecule has 0 aliphatic carbocycles. The lowest BCUT2D eigenvalue weighted by Crippen LogP contribution is -2.26. The van der Waals surface area contributed by atoms with E-state index in [0.717, 1.165) is 40.0 Å². The molecule has 0 radical (unpaired) electrons. The van der Waals surface area contributed by atoms with Gasteiger partial charge in [0, 0.05) is 30.3 Å². The summed E-state index contributed by atoms with van der Waals surface area (Å²) in [6, 6.07) is 15.6. The summed E-state index contributed by atoms with van der Waals surface area (Å²) in [5.41, 5.74) is 5.68. The first-order valence-electron chi connectivity index (χ1n) is 10.0. The third-order valence-corrected chi connectivity index (χ3v) is 5.91. The van der Waals surface area contributed by atoms with E-state index in [0.29, 0.717) is 30.5 Å². The highest BCUT2D eigenvalue weighted by Gasteiger charge is 2.17. The van der Waals surface area contributed by atoms with Crippen molar-refractivity contribution in [3.8, 4) is 23.1 Å². The highest BCUT2D eigenvalue weighted by molar-refractivity contribution is 7.16. The van der Waals surface area contributed by atoms with Crippen molar-refractivity contribution >= 4 is 33.2 Å². The molecule has 5 rings (SSSR count). The van der Waals surface area contributed by atoms with Gasteiger partial charge in [0.15, 0.2) is 0 Å².